The minimum Gasteiger partial charge on any atom is -0.316 e. The molecule has 7 heteroatoms. The van der Waals surface area contributed by atoms with E-state index in [-0.39, 0.29) is 4.90 Å². The molecule has 0 amide bonds. The Morgan fingerprint density at radius 1 is 1.32 bits per heavy atom. The van der Waals surface area contributed by atoms with Crippen molar-refractivity contribution in [3.8, 4) is 0 Å². The maximum atomic E-state index is 12.2. The van der Waals surface area contributed by atoms with Crippen molar-refractivity contribution in [2.75, 3.05) is 11.8 Å². The number of para-hydroxylation sites is 1. The summed E-state index contributed by atoms with van der Waals surface area (Å²) in [5.41, 5.74) is 1.46. The van der Waals surface area contributed by atoms with Crippen LogP contribution >= 0.6 is 0 Å². The molecule has 1 heterocycles. The van der Waals surface area contributed by atoms with Crippen LogP contribution in [0.2, 0.25) is 0 Å². The van der Waals surface area contributed by atoms with Crippen molar-refractivity contribution in [2.45, 2.75) is 11.4 Å². The average Bonchev–Trinajstić information content (AvgIpc) is 2.79. The van der Waals surface area contributed by atoms with Crippen LogP contribution in [0.25, 0.3) is 0 Å². The third kappa shape index (κ3) is 3.12. The maximum absolute atomic E-state index is 12.2. The maximum Gasteiger partial charge on any atom is 0.265 e. The SMILES string of the molecule is CNCc1ccccc1NS(=O)(=O)c1cnn(C)c1. The van der Waals surface area contributed by atoms with E-state index in [9.17, 15) is 8.42 Å². The molecule has 0 unspecified atom stereocenters. The molecule has 0 radical (unpaired) electrons. The van der Waals surface area contributed by atoms with Crippen LogP contribution in [0.1, 0.15) is 5.56 Å². The largest absolute Gasteiger partial charge is 0.316 e. The standard InChI is InChI=1S/C12H16N4O2S/c1-13-7-10-5-3-4-6-12(10)15-19(17,18)11-8-14-16(2)9-11/h3-6,8-9,13,15H,7H2,1-2H3. The van der Waals surface area contributed by atoms with Crippen molar-refractivity contribution in [3.05, 3.63) is 42.2 Å². The van der Waals surface area contributed by atoms with Crippen LogP contribution in [0.3, 0.4) is 0 Å². The normalized spacial score (nSPS) is 11.5. The Labute approximate surface area is 112 Å². The number of sulfonamides is 1. The summed E-state index contributed by atoms with van der Waals surface area (Å²) in [6, 6.07) is 7.27. The number of hydrogen-bond donors (Lipinski definition) is 2. The number of aromatic nitrogens is 2. The molecule has 0 aliphatic heterocycles. The number of aryl methyl sites for hydroxylation is 1. The molecule has 102 valence electrons. The van der Waals surface area contributed by atoms with Crippen LogP contribution in [-0.4, -0.2) is 25.2 Å². The molecular formula is C12H16N4O2S. The Balaban J connectivity index is 2.30. The molecule has 0 aliphatic carbocycles. The number of nitrogens with zero attached hydrogens (tertiary/aromatic N) is 2. The van der Waals surface area contributed by atoms with Gasteiger partial charge in [-0.05, 0) is 18.7 Å². The van der Waals surface area contributed by atoms with Gasteiger partial charge < -0.3 is 5.32 Å². The molecule has 19 heavy (non-hydrogen) atoms. The van der Waals surface area contributed by atoms with Gasteiger partial charge in [-0.3, -0.25) is 9.40 Å². The van der Waals surface area contributed by atoms with Gasteiger partial charge in [-0.25, -0.2) is 8.42 Å². The highest BCUT2D eigenvalue weighted by molar-refractivity contribution is 7.92. The van der Waals surface area contributed by atoms with E-state index in [1.54, 1.807) is 19.2 Å². The van der Waals surface area contributed by atoms with Crippen LogP contribution in [0.15, 0.2) is 41.6 Å². The molecular weight excluding hydrogens is 264 g/mol. The van der Waals surface area contributed by atoms with Crippen LogP contribution in [0.5, 0.6) is 0 Å². The van der Waals surface area contributed by atoms with Crippen molar-refractivity contribution < 1.29 is 8.42 Å². The molecule has 0 spiro atoms. The van der Waals surface area contributed by atoms with E-state index in [0.29, 0.717) is 12.2 Å². The number of rotatable bonds is 5. The van der Waals surface area contributed by atoms with Gasteiger partial charge in [0.1, 0.15) is 4.90 Å². The van der Waals surface area contributed by atoms with Crippen molar-refractivity contribution in [1.82, 2.24) is 15.1 Å². The summed E-state index contributed by atoms with van der Waals surface area (Å²) in [5.74, 6) is 0. The number of anilines is 1. The number of nitrogens with one attached hydrogen (secondary N) is 2. The summed E-state index contributed by atoms with van der Waals surface area (Å²) >= 11 is 0. The Kier molecular flexibility index (Phi) is 3.87. The van der Waals surface area contributed by atoms with Crippen LogP contribution in [-0.2, 0) is 23.6 Å². The predicted molar refractivity (Wildman–Crippen MR) is 73.2 cm³/mol. The molecule has 0 saturated heterocycles. The lowest BCUT2D eigenvalue weighted by Gasteiger charge is -2.11. The van der Waals surface area contributed by atoms with E-state index >= 15 is 0 Å². The van der Waals surface area contributed by atoms with Gasteiger partial charge in [0, 0.05) is 19.8 Å². The molecule has 0 atom stereocenters. The molecule has 2 rings (SSSR count). The fourth-order valence-corrected chi connectivity index (χ4v) is 2.79. The topological polar surface area (TPSA) is 76.0 Å². The molecule has 0 bridgehead atoms. The van der Waals surface area contributed by atoms with E-state index in [0.717, 1.165) is 5.56 Å². The van der Waals surface area contributed by atoms with Crippen LogP contribution < -0.4 is 10.0 Å². The molecule has 0 aliphatic rings. The first-order valence-corrected chi connectivity index (χ1v) is 7.25. The summed E-state index contributed by atoms with van der Waals surface area (Å²) in [6.45, 7) is 0.589. The highest BCUT2D eigenvalue weighted by Gasteiger charge is 2.17. The van der Waals surface area contributed by atoms with Gasteiger partial charge in [0.15, 0.2) is 0 Å². The van der Waals surface area contributed by atoms with Gasteiger partial charge >= 0.3 is 0 Å². The second-order valence-electron chi connectivity index (χ2n) is 4.14. The van der Waals surface area contributed by atoms with E-state index < -0.39 is 10.0 Å². The zero-order valence-electron chi connectivity index (χ0n) is 10.8. The van der Waals surface area contributed by atoms with E-state index in [1.807, 2.05) is 19.2 Å². The minimum atomic E-state index is -3.59. The predicted octanol–water partition coefficient (Wildman–Crippen LogP) is 0.940. The average molecular weight is 280 g/mol. The molecule has 0 saturated carbocycles. The number of hydrogen-bond acceptors (Lipinski definition) is 4. The van der Waals surface area contributed by atoms with E-state index in [2.05, 4.69) is 15.1 Å². The van der Waals surface area contributed by atoms with Crippen molar-refractivity contribution in [1.29, 1.82) is 0 Å². The van der Waals surface area contributed by atoms with Crippen molar-refractivity contribution in [2.24, 2.45) is 7.05 Å². The van der Waals surface area contributed by atoms with Crippen LogP contribution in [0.4, 0.5) is 5.69 Å². The molecule has 1 aromatic heterocycles. The monoisotopic (exact) mass is 280 g/mol. The fraction of sp³-hybridized carbons (Fsp3) is 0.250. The second-order valence-corrected chi connectivity index (χ2v) is 5.83. The molecule has 6 nitrogen and oxygen atoms in total. The lowest BCUT2D eigenvalue weighted by molar-refractivity contribution is 0.601. The van der Waals surface area contributed by atoms with Crippen LogP contribution in [0, 0.1) is 0 Å². The highest BCUT2D eigenvalue weighted by atomic mass is 32.2. The molecule has 2 N–H and O–H groups in total. The Morgan fingerprint density at radius 2 is 2.05 bits per heavy atom. The van der Waals surface area contributed by atoms with E-state index in [1.165, 1.54) is 17.1 Å². The van der Waals surface area contributed by atoms with Gasteiger partial charge in [-0.2, -0.15) is 5.10 Å². The molecule has 1 aromatic carbocycles. The van der Waals surface area contributed by atoms with Gasteiger partial charge in [-0.15, -0.1) is 0 Å². The van der Waals surface area contributed by atoms with Crippen molar-refractivity contribution in [3.63, 3.8) is 0 Å². The third-order valence-corrected chi connectivity index (χ3v) is 3.94. The second kappa shape index (κ2) is 5.41. The first-order valence-electron chi connectivity index (χ1n) is 5.77. The van der Waals surface area contributed by atoms with Gasteiger partial charge in [0.2, 0.25) is 0 Å². The summed E-state index contributed by atoms with van der Waals surface area (Å²) < 4.78 is 28.4. The quantitative estimate of drug-likeness (QED) is 0.854. The lowest BCUT2D eigenvalue weighted by atomic mass is 10.2. The first kappa shape index (κ1) is 13.6. The highest BCUT2D eigenvalue weighted by Crippen LogP contribution is 2.19. The van der Waals surface area contributed by atoms with E-state index in [4.69, 9.17) is 0 Å². The molecule has 2 aromatic rings. The summed E-state index contributed by atoms with van der Waals surface area (Å²) in [6.07, 6.45) is 2.78. The number of benzene rings is 1. The smallest absolute Gasteiger partial charge is 0.265 e. The fourth-order valence-electron chi connectivity index (χ4n) is 1.71. The Hall–Kier alpha value is -1.86. The zero-order chi connectivity index (χ0) is 13.9. The minimum absolute atomic E-state index is 0.147. The summed E-state index contributed by atoms with van der Waals surface area (Å²) in [5, 5.41) is 6.87. The lowest BCUT2D eigenvalue weighted by Crippen LogP contribution is -2.15. The zero-order valence-corrected chi connectivity index (χ0v) is 11.6. The summed E-state index contributed by atoms with van der Waals surface area (Å²) in [4.78, 5) is 0.147. The van der Waals surface area contributed by atoms with Gasteiger partial charge in [0.05, 0.1) is 11.9 Å². The van der Waals surface area contributed by atoms with Gasteiger partial charge in [0.25, 0.3) is 10.0 Å². The third-order valence-electron chi connectivity index (χ3n) is 2.62. The Morgan fingerprint density at radius 3 is 2.68 bits per heavy atom. The molecule has 0 fully saturated rings. The summed E-state index contributed by atoms with van der Waals surface area (Å²) in [7, 11) is -0.108. The Bertz CT molecular complexity index is 664. The van der Waals surface area contributed by atoms with Gasteiger partial charge in [-0.1, -0.05) is 18.2 Å². The van der Waals surface area contributed by atoms with Crippen molar-refractivity contribution >= 4 is 15.7 Å². The first-order chi connectivity index (χ1) is 9.03.